The highest BCUT2D eigenvalue weighted by molar-refractivity contribution is 5.54. The van der Waals surface area contributed by atoms with Gasteiger partial charge in [0.05, 0.1) is 6.61 Å². The van der Waals surface area contributed by atoms with Crippen molar-refractivity contribution in [3.63, 3.8) is 0 Å². The summed E-state index contributed by atoms with van der Waals surface area (Å²) in [5, 5.41) is 9.92. The van der Waals surface area contributed by atoms with Crippen molar-refractivity contribution in [2.45, 2.75) is 31.8 Å². The summed E-state index contributed by atoms with van der Waals surface area (Å²) in [4.78, 5) is 0. The van der Waals surface area contributed by atoms with Gasteiger partial charge in [-0.1, -0.05) is 13.0 Å². The SMILES string of the molecule is CCCOc1cc2c(cc1O)[C@H]1CC=C[C@H]1O2. The molecule has 0 bridgehead atoms. The highest BCUT2D eigenvalue weighted by Crippen LogP contribution is 2.48. The molecule has 1 heterocycles. The number of rotatable bonds is 3. The quantitative estimate of drug-likeness (QED) is 0.814. The van der Waals surface area contributed by atoms with Crippen molar-refractivity contribution in [3.05, 3.63) is 29.8 Å². The Morgan fingerprint density at radius 1 is 1.47 bits per heavy atom. The van der Waals surface area contributed by atoms with Gasteiger partial charge in [0.1, 0.15) is 11.9 Å². The maximum Gasteiger partial charge on any atom is 0.164 e. The number of benzene rings is 1. The molecule has 2 aliphatic rings. The van der Waals surface area contributed by atoms with Crippen LogP contribution >= 0.6 is 0 Å². The minimum absolute atomic E-state index is 0.144. The first-order valence-electron chi connectivity index (χ1n) is 6.12. The molecule has 3 rings (SSSR count). The molecule has 2 atom stereocenters. The molecule has 0 unspecified atom stereocenters. The molecule has 0 amide bonds. The summed E-state index contributed by atoms with van der Waals surface area (Å²) in [6.07, 6.45) is 6.29. The van der Waals surface area contributed by atoms with Crippen LogP contribution in [-0.4, -0.2) is 17.8 Å². The predicted molar refractivity (Wildman–Crippen MR) is 64.8 cm³/mol. The maximum absolute atomic E-state index is 9.92. The molecular weight excluding hydrogens is 216 g/mol. The van der Waals surface area contributed by atoms with Crippen LogP contribution in [0.3, 0.4) is 0 Å². The Labute approximate surface area is 101 Å². The van der Waals surface area contributed by atoms with Crippen LogP contribution in [0.5, 0.6) is 17.2 Å². The molecule has 1 aromatic carbocycles. The molecule has 3 heteroatoms. The van der Waals surface area contributed by atoms with Crippen LogP contribution in [0.2, 0.25) is 0 Å². The third-order valence-corrected chi connectivity index (χ3v) is 3.33. The Kier molecular flexibility index (Phi) is 2.46. The van der Waals surface area contributed by atoms with E-state index in [4.69, 9.17) is 9.47 Å². The van der Waals surface area contributed by atoms with E-state index in [1.165, 1.54) is 0 Å². The van der Waals surface area contributed by atoms with Gasteiger partial charge in [0.25, 0.3) is 0 Å². The van der Waals surface area contributed by atoms with Gasteiger partial charge in [-0.25, -0.2) is 0 Å². The lowest BCUT2D eigenvalue weighted by atomic mass is 9.96. The fourth-order valence-corrected chi connectivity index (χ4v) is 2.48. The minimum atomic E-state index is 0.144. The highest BCUT2D eigenvalue weighted by atomic mass is 16.5. The second-order valence-corrected chi connectivity index (χ2v) is 4.56. The lowest BCUT2D eigenvalue weighted by Crippen LogP contribution is -2.10. The second kappa shape index (κ2) is 3.99. The van der Waals surface area contributed by atoms with Crippen molar-refractivity contribution in [2.24, 2.45) is 0 Å². The summed E-state index contributed by atoms with van der Waals surface area (Å²) in [5.41, 5.74) is 1.10. The van der Waals surface area contributed by atoms with Crippen molar-refractivity contribution >= 4 is 0 Å². The van der Waals surface area contributed by atoms with E-state index in [1.54, 1.807) is 6.07 Å². The van der Waals surface area contributed by atoms with Gasteiger partial charge >= 0.3 is 0 Å². The summed E-state index contributed by atoms with van der Waals surface area (Å²) in [6.45, 7) is 2.65. The topological polar surface area (TPSA) is 38.7 Å². The molecule has 1 aliphatic carbocycles. The maximum atomic E-state index is 9.92. The van der Waals surface area contributed by atoms with E-state index in [2.05, 4.69) is 12.2 Å². The first kappa shape index (κ1) is 10.5. The van der Waals surface area contributed by atoms with Crippen molar-refractivity contribution < 1.29 is 14.6 Å². The molecular formula is C14H16O3. The summed E-state index contributed by atoms with van der Waals surface area (Å²) in [6, 6.07) is 3.60. The highest BCUT2D eigenvalue weighted by Gasteiger charge is 2.35. The Morgan fingerprint density at radius 2 is 2.35 bits per heavy atom. The van der Waals surface area contributed by atoms with E-state index >= 15 is 0 Å². The number of phenols is 1. The lowest BCUT2D eigenvalue weighted by Gasteiger charge is -2.09. The van der Waals surface area contributed by atoms with Crippen molar-refractivity contribution in [1.82, 2.24) is 0 Å². The van der Waals surface area contributed by atoms with Crippen molar-refractivity contribution in [3.8, 4) is 17.2 Å². The molecule has 0 radical (unpaired) electrons. The number of phenolic OH excluding ortho intramolecular Hbond substituents is 1. The fourth-order valence-electron chi connectivity index (χ4n) is 2.48. The molecule has 1 aliphatic heterocycles. The Bertz CT molecular complexity index is 465. The van der Waals surface area contributed by atoms with Crippen LogP contribution < -0.4 is 9.47 Å². The normalized spacial score (nSPS) is 24.3. The zero-order valence-electron chi connectivity index (χ0n) is 9.85. The molecule has 0 saturated carbocycles. The molecule has 1 N–H and O–H groups in total. The first-order valence-corrected chi connectivity index (χ1v) is 6.12. The monoisotopic (exact) mass is 232 g/mol. The van der Waals surface area contributed by atoms with Gasteiger partial charge in [0, 0.05) is 17.5 Å². The Balaban J connectivity index is 1.91. The number of hydrogen-bond donors (Lipinski definition) is 1. The van der Waals surface area contributed by atoms with E-state index in [1.807, 2.05) is 13.0 Å². The van der Waals surface area contributed by atoms with Crippen LogP contribution in [0.4, 0.5) is 0 Å². The van der Waals surface area contributed by atoms with E-state index in [0.29, 0.717) is 18.3 Å². The average Bonchev–Trinajstić information content (AvgIpc) is 2.87. The van der Waals surface area contributed by atoms with Crippen LogP contribution in [0.1, 0.15) is 31.2 Å². The van der Waals surface area contributed by atoms with E-state index in [0.717, 1.165) is 24.2 Å². The van der Waals surface area contributed by atoms with E-state index in [-0.39, 0.29) is 11.9 Å². The van der Waals surface area contributed by atoms with Gasteiger partial charge in [0.2, 0.25) is 0 Å². The van der Waals surface area contributed by atoms with Crippen LogP contribution in [-0.2, 0) is 0 Å². The average molecular weight is 232 g/mol. The van der Waals surface area contributed by atoms with Crippen LogP contribution in [0, 0.1) is 0 Å². The smallest absolute Gasteiger partial charge is 0.164 e. The molecule has 0 aromatic heterocycles. The third-order valence-electron chi connectivity index (χ3n) is 3.33. The van der Waals surface area contributed by atoms with Gasteiger partial charge in [-0.2, -0.15) is 0 Å². The van der Waals surface area contributed by atoms with Gasteiger partial charge in [-0.15, -0.1) is 0 Å². The van der Waals surface area contributed by atoms with Crippen molar-refractivity contribution in [2.75, 3.05) is 6.61 Å². The molecule has 0 saturated heterocycles. The van der Waals surface area contributed by atoms with Crippen LogP contribution in [0.25, 0.3) is 0 Å². The number of allylic oxidation sites excluding steroid dienone is 1. The first-order chi connectivity index (χ1) is 8.29. The van der Waals surface area contributed by atoms with Crippen LogP contribution in [0.15, 0.2) is 24.3 Å². The number of aromatic hydroxyl groups is 1. The fraction of sp³-hybridized carbons (Fsp3) is 0.429. The molecule has 1 aromatic rings. The summed E-state index contributed by atoms with van der Waals surface area (Å²) < 4.78 is 11.3. The molecule has 0 spiro atoms. The largest absolute Gasteiger partial charge is 0.504 e. The number of fused-ring (bicyclic) bond motifs is 3. The molecule has 17 heavy (non-hydrogen) atoms. The summed E-state index contributed by atoms with van der Waals surface area (Å²) in [5.74, 6) is 1.97. The van der Waals surface area contributed by atoms with E-state index < -0.39 is 0 Å². The van der Waals surface area contributed by atoms with Gasteiger partial charge in [0.15, 0.2) is 11.5 Å². The standard InChI is InChI=1S/C14H16O3/c1-2-6-16-14-8-13-10(7-11(14)15)9-4-3-5-12(9)17-13/h3,5,7-9,12,15H,2,4,6H2,1H3/t9-,12-/m1/s1. The molecule has 90 valence electrons. The summed E-state index contributed by atoms with van der Waals surface area (Å²) in [7, 11) is 0. The van der Waals surface area contributed by atoms with Gasteiger partial charge in [-0.3, -0.25) is 0 Å². The summed E-state index contributed by atoms with van der Waals surface area (Å²) >= 11 is 0. The Morgan fingerprint density at radius 3 is 3.18 bits per heavy atom. The third kappa shape index (κ3) is 1.66. The minimum Gasteiger partial charge on any atom is -0.504 e. The zero-order chi connectivity index (χ0) is 11.8. The lowest BCUT2D eigenvalue weighted by molar-refractivity contribution is 0.262. The number of ether oxygens (including phenoxy) is 2. The zero-order valence-corrected chi connectivity index (χ0v) is 9.85. The van der Waals surface area contributed by atoms with Gasteiger partial charge < -0.3 is 14.6 Å². The van der Waals surface area contributed by atoms with Crippen molar-refractivity contribution in [1.29, 1.82) is 0 Å². The molecule has 0 fully saturated rings. The van der Waals surface area contributed by atoms with Gasteiger partial charge in [-0.05, 0) is 25.0 Å². The van der Waals surface area contributed by atoms with E-state index in [9.17, 15) is 5.11 Å². The Hall–Kier alpha value is -1.64. The number of hydrogen-bond acceptors (Lipinski definition) is 3. The molecule has 3 nitrogen and oxygen atoms in total. The second-order valence-electron chi connectivity index (χ2n) is 4.56. The predicted octanol–water partition coefficient (Wildman–Crippen LogP) is 2.99.